The SMILES string of the molecule is COc1ccc(CNC(=O)c2cnc(N3CCCc4ccccc43)nc2)cc1. The molecular formula is C22H22N4O2. The van der Waals surface area contributed by atoms with Crippen molar-refractivity contribution in [2.24, 2.45) is 0 Å². The average Bonchev–Trinajstić information content (AvgIpc) is 2.77. The maximum absolute atomic E-state index is 12.4. The number of carbonyl (C=O) groups is 1. The molecule has 6 heteroatoms. The first-order valence-electron chi connectivity index (χ1n) is 9.33. The molecule has 1 amide bonds. The normalized spacial score (nSPS) is 13.0. The molecule has 0 unspecified atom stereocenters. The van der Waals surface area contributed by atoms with E-state index >= 15 is 0 Å². The average molecular weight is 374 g/mol. The molecule has 0 spiro atoms. The van der Waals surface area contributed by atoms with Crippen LogP contribution < -0.4 is 15.0 Å². The van der Waals surface area contributed by atoms with Crippen molar-refractivity contribution in [3.05, 3.63) is 77.6 Å². The van der Waals surface area contributed by atoms with Crippen LogP contribution >= 0.6 is 0 Å². The lowest BCUT2D eigenvalue weighted by Gasteiger charge is -2.29. The monoisotopic (exact) mass is 374 g/mol. The number of nitrogens with zero attached hydrogens (tertiary/aromatic N) is 3. The van der Waals surface area contributed by atoms with E-state index in [1.165, 1.54) is 5.56 Å². The molecule has 1 aromatic heterocycles. The van der Waals surface area contributed by atoms with Gasteiger partial charge in [0.2, 0.25) is 5.95 Å². The quantitative estimate of drug-likeness (QED) is 0.740. The third-order valence-corrected chi connectivity index (χ3v) is 4.86. The molecule has 1 aliphatic rings. The molecule has 3 aromatic rings. The maximum atomic E-state index is 12.4. The number of aromatic nitrogens is 2. The largest absolute Gasteiger partial charge is 0.497 e. The Morgan fingerprint density at radius 2 is 1.86 bits per heavy atom. The zero-order valence-electron chi connectivity index (χ0n) is 15.8. The maximum Gasteiger partial charge on any atom is 0.254 e. The number of methoxy groups -OCH3 is 1. The summed E-state index contributed by atoms with van der Waals surface area (Å²) in [5.74, 6) is 1.22. The molecule has 1 N–H and O–H groups in total. The highest BCUT2D eigenvalue weighted by Crippen LogP contribution is 2.30. The van der Waals surface area contributed by atoms with Crippen molar-refractivity contribution in [3.63, 3.8) is 0 Å². The van der Waals surface area contributed by atoms with Gasteiger partial charge in [0.05, 0.1) is 12.7 Å². The number of anilines is 2. The van der Waals surface area contributed by atoms with Crippen LogP contribution in [0.1, 0.15) is 27.9 Å². The predicted molar refractivity (Wildman–Crippen MR) is 108 cm³/mol. The molecule has 142 valence electrons. The number of nitrogens with one attached hydrogen (secondary N) is 1. The van der Waals surface area contributed by atoms with E-state index in [0.717, 1.165) is 36.4 Å². The van der Waals surface area contributed by atoms with Gasteiger partial charge in [0, 0.05) is 31.2 Å². The van der Waals surface area contributed by atoms with Gasteiger partial charge in [0.1, 0.15) is 5.75 Å². The Kier molecular flexibility index (Phi) is 5.19. The summed E-state index contributed by atoms with van der Waals surface area (Å²) in [4.78, 5) is 23.4. The summed E-state index contributed by atoms with van der Waals surface area (Å²) < 4.78 is 5.14. The lowest BCUT2D eigenvalue weighted by Crippen LogP contribution is -2.27. The van der Waals surface area contributed by atoms with Crippen LogP contribution in [0.5, 0.6) is 5.75 Å². The second-order valence-electron chi connectivity index (χ2n) is 6.69. The van der Waals surface area contributed by atoms with Gasteiger partial charge < -0.3 is 15.0 Å². The molecule has 0 radical (unpaired) electrons. The third-order valence-electron chi connectivity index (χ3n) is 4.86. The number of ether oxygens (including phenoxy) is 1. The van der Waals surface area contributed by atoms with Gasteiger partial charge in [-0.2, -0.15) is 0 Å². The van der Waals surface area contributed by atoms with Gasteiger partial charge in [-0.3, -0.25) is 4.79 Å². The van der Waals surface area contributed by atoms with Crippen LogP contribution in [0.25, 0.3) is 0 Å². The van der Waals surface area contributed by atoms with Crippen molar-refractivity contribution in [1.29, 1.82) is 0 Å². The zero-order valence-corrected chi connectivity index (χ0v) is 15.8. The van der Waals surface area contributed by atoms with E-state index in [1.807, 2.05) is 30.3 Å². The summed E-state index contributed by atoms with van der Waals surface area (Å²) >= 11 is 0. The Bertz CT molecular complexity index is 955. The van der Waals surface area contributed by atoms with Crippen molar-refractivity contribution < 1.29 is 9.53 Å². The van der Waals surface area contributed by atoms with Crippen molar-refractivity contribution in [2.45, 2.75) is 19.4 Å². The predicted octanol–water partition coefficient (Wildman–Crippen LogP) is 3.50. The Morgan fingerprint density at radius 3 is 2.61 bits per heavy atom. The van der Waals surface area contributed by atoms with Crippen molar-refractivity contribution in [2.75, 3.05) is 18.6 Å². The minimum absolute atomic E-state index is 0.193. The Balaban J connectivity index is 1.42. The number of fused-ring (bicyclic) bond motifs is 1. The van der Waals surface area contributed by atoms with E-state index in [9.17, 15) is 4.79 Å². The number of benzene rings is 2. The fourth-order valence-electron chi connectivity index (χ4n) is 3.35. The van der Waals surface area contributed by atoms with Crippen LogP contribution in [0.15, 0.2) is 60.9 Å². The molecule has 0 saturated heterocycles. The molecule has 0 fully saturated rings. The third kappa shape index (κ3) is 3.81. The number of carbonyl (C=O) groups excluding carboxylic acids is 1. The van der Waals surface area contributed by atoms with Gasteiger partial charge >= 0.3 is 0 Å². The van der Waals surface area contributed by atoms with Crippen LogP contribution in [0.3, 0.4) is 0 Å². The van der Waals surface area contributed by atoms with Crippen LogP contribution in [0, 0.1) is 0 Å². The van der Waals surface area contributed by atoms with E-state index in [2.05, 4.69) is 38.4 Å². The van der Waals surface area contributed by atoms with Crippen molar-refractivity contribution >= 4 is 17.5 Å². The van der Waals surface area contributed by atoms with E-state index in [1.54, 1.807) is 19.5 Å². The number of rotatable bonds is 5. The van der Waals surface area contributed by atoms with Gasteiger partial charge in [-0.15, -0.1) is 0 Å². The number of hydrogen-bond acceptors (Lipinski definition) is 5. The van der Waals surface area contributed by atoms with Crippen LogP contribution in [0.4, 0.5) is 11.6 Å². The van der Waals surface area contributed by atoms with Gasteiger partial charge in [-0.1, -0.05) is 30.3 Å². The molecular weight excluding hydrogens is 352 g/mol. The van der Waals surface area contributed by atoms with Gasteiger partial charge in [-0.05, 0) is 42.2 Å². The summed E-state index contributed by atoms with van der Waals surface area (Å²) in [6, 6.07) is 15.9. The number of hydrogen-bond donors (Lipinski definition) is 1. The van der Waals surface area contributed by atoms with Gasteiger partial charge in [-0.25, -0.2) is 9.97 Å². The zero-order chi connectivity index (χ0) is 19.3. The first-order valence-corrected chi connectivity index (χ1v) is 9.33. The molecule has 2 heterocycles. The molecule has 2 aromatic carbocycles. The first kappa shape index (κ1) is 18.0. The molecule has 0 saturated carbocycles. The van der Waals surface area contributed by atoms with Crippen molar-refractivity contribution in [1.82, 2.24) is 15.3 Å². The second kappa shape index (κ2) is 8.08. The van der Waals surface area contributed by atoms with Crippen molar-refractivity contribution in [3.8, 4) is 5.75 Å². The summed E-state index contributed by atoms with van der Waals surface area (Å²) in [7, 11) is 1.63. The Hall–Kier alpha value is -3.41. The van der Waals surface area contributed by atoms with Gasteiger partial charge in [0.25, 0.3) is 5.91 Å². The van der Waals surface area contributed by atoms with Crippen LogP contribution in [-0.4, -0.2) is 29.5 Å². The van der Waals surface area contributed by atoms with E-state index < -0.39 is 0 Å². The molecule has 0 aliphatic carbocycles. The van der Waals surface area contributed by atoms with Crippen LogP contribution in [-0.2, 0) is 13.0 Å². The minimum Gasteiger partial charge on any atom is -0.497 e. The smallest absolute Gasteiger partial charge is 0.254 e. The lowest BCUT2D eigenvalue weighted by atomic mass is 10.0. The number of amides is 1. The molecule has 1 aliphatic heterocycles. The van der Waals surface area contributed by atoms with Crippen LogP contribution in [0.2, 0.25) is 0 Å². The van der Waals surface area contributed by atoms with E-state index in [-0.39, 0.29) is 5.91 Å². The molecule has 4 rings (SSSR count). The minimum atomic E-state index is -0.193. The fraction of sp³-hybridized carbons (Fsp3) is 0.227. The second-order valence-corrected chi connectivity index (χ2v) is 6.69. The summed E-state index contributed by atoms with van der Waals surface area (Å²) in [6.07, 6.45) is 5.30. The highest BCUT2D eigenvalue weighted by atomic mass is 16.5. The topological polar surface area (TPSA) is 67.3 Å². The summed E-state index contributed by atoms with van der Waals surface area (Å²) in [5.41, 5.74) is 3.89. The summed E-state index contributed by atoms with van der Waals surface area (Å²) in [5, 5.41) is 2.89. The standard InChI is InChI=1S/C22H22N4O2/c1-28-19-10-8-16(9-11-19)13-23-21(27)18-14-24-22(25-15-18)26-12-4-6-17-5-2-3-7-20(17)26/h2-3,5,7-11,14-15H,4,6,12-13H2,1H3,(H,23,27). The first-order chi connectivity index (χ1) is 13.7. The molecule has 6 nitrogen and oxygen atoms in total. The Labute approximate surface area is 164 Å². The number of aryl methyl sites for hydroxylation is 1. The Morgan fingerprint density at radius 1 is 1.11 bits per heavy atom. The van der Waals surface area contributed by atoms with Gasteiger partial charge in [0.15, 0.2) is 0 Å². The van der Waals surface area contributed by atoms with E-state index in [0.29, 0.717) is 18.1 Å². The number of para-hydroxylation sites is 1. The molecule has 0 bridgehead atoms. The lowest BCUT2D eigenvalue weighted by molar-refractivity contribution is 0.0950. The fourth-order valence-corrected chi connectivity index (χ4v) is 3.35. The molecule has 28 heavy (non-hydrogen) atoms. The highest BCUT2D eigenvalue weighted by molar-refractivity contribution is 5.93. The molecule has 0 atom stereocenters. The van der Waals surface area contributed by atoms with E-state index in [4.69, 9.17) is 4.74 Å². The highest BCUT2D eigenvalue weighted by Gasteiger charge is 2.20. The summed E-state index contributed by atoms with van der Waals surface area (Å²) in [6.45, 7) is 1.31.